The maximum Gasteiger partial charge on any atom is 0.129 e. The van der Waals surface area contributed by atoms with Gasteiger partial charge in [0.15, 0.2) is 0 Å². The summed E-state index contributed by atoms with van der Waals surface area (Å²) in [5, 5.41) is 0.968. The van der Waals surface area contributed by atoms with Crippen LogP contribution in [0.2, 0.25) is 0 Å². The molecule has 1 fully saturated rings. The summed E-state index contributed by atoms with van der Waals surface area (Å²) >= 11 is 13.8. The first-order chi connectivity index (χ1) is 10.6. The first-order valence-electron chi connectivity index (χ1n) is 7.09. The lowest BCUT2D eigenvalue weighted by atomic mass is 10.2. The molecular formula is C17H13Cl2NOS. The number of hydrogen-bond donors (Lipinski definition) is 0. The SMILES string of the molecule is ClC1(Cl)CC1COc1ccccc1-c1nc2ccccc2s1. The zero-order valence-electron chi connectivity index (χ0n) is 11.6. The third kappa shape index (κ3) is 2.69. The van der Waals surface area contributed by atoms with Gasteiger partial charge in [0.1, 0.15) is 15.1 Å². The highest BCUT2D eigenvalue weighted by molar-refractivity contribution is 7.21. The van der Waals surface area contributed by atoms with Gasteiger partial charge in [-0.1, -0.05) is 24.3 Å². The van der Waals surface area contributed by atoms with Crippen molar-refractivity contribution in [1.29, 1.82) is 0 Å². The van der Waals surface area contributed by atoms with E-state index in [2.05, 4.69) is 6.07 Å². The van der Waals surface area contributed by atoms with Gasteiger partial charge in [-0.05, 0) is 30.7 Å². The highest BCUT2D eigenvalue weighted by Gasteiger charge is 2.52. The minimum atomic E-state index is -0.606. The van der Waals surface area contributed by atoms with Crippen LogP contribution in [-0.4, -0.2) is 15.9 Å². The summed E-state index contributed by atoms with van der Waals surface area (Å²) in [6.07, 6.45) is 0.791. The molecule has 3 aromatic rings. The molecule has 2 nitrogen and oxygen atoms in total. The molecule has 4 rings (SSSR count). The van der Waals surface area contributed by atoms with Gasteiger partial charge < -0.3 is 4.74 Å². The van der Waals surface area contributed by atoms with Crippen LogP contribution in [0.15, 0.2) is 48.5 Å². The molecular weight excluding hydrogens is 337 g/mol. The van der Waals surface area contributed by atoms with E-state index in [1.807, 2.05) is 42.5 Å². The summed E-state index contributed by atoms with van der Waals surface area (Å²) in [5.41, 5.74) is 2.03. The van der Waals surface area contributed by atoms with Crippen molar-refractivity contribution in [2.24, 2.45) is 5.92 Å². The number of thiazole rings is 1. The first-order valence-corrected chi connectivity index (χ1v) is 8.66. The molecule has 0 N–H and O–H groups in total. The molecule has 0 bridgehead atoms. The summed E-state index contributed by atoms with van der Waals surface area (Å²) in [5.74, 6) is 1.04. The number of rotatable bonds is 4. The third-order valence-corrected chi connectivity index (χ3v) is 5.80. The van der Waals surface area contributed by atoms with E-state index in [-0.39, 0.29) is 5.92 Å². The van der Waals surface area contributed by atoms with Crippen LogP contribution in [0.4, 0.5) is 0 Å². The lowest BCUT2D eigenvalue weighted by molar-refractivity contribution is 0.300. The molecule has 0 radical (unpaired) electrons. The second-order valence-electron chi connectivity index (χ2n) is 5.46. The van der Waals surface area contributed by atoms with Crippen molar-refractivity contribution in [2.45, 2.75) is 10.8 Å². The van der Waals surface area contributed by atoms with Gasteiger partial charge in [0.05, 0.1) is 22.4 Å². The first kappa shape index (κ1) is 14.3. The quantitative estimate of drug-likeness (QED) is 0.577. The van der Waals surface area contributed by atoms with Crippen LogP contribution < -0.4 is 4.74 Å². The van der Waals surface area contributed by atoms with Crippen LogP contribution in [0, 0.1) is 5.92 Å². The van der Waals surface area contributed by atoms with E-state index in [0.29, 0.717) is 6.61 Å². The zero-order chi connectivity index (χ0) is 15.2. The van der Waals surface area contributed by atoms with Crippen LogP contribution in [-0.2, 0) is 0 Å². The molecule has 1 aliphatic rings. The van der Waals surface area contributed by atoms with Gasteiger partial charge in [-0.2, -0.15) is 0 Å². The van der Waals surface area contributed by atoms with Gasteiger partial charge in [-0.15, -0.1) is 34.5 Å². The van der Waals surface area contributed by atoms with Gasteiger partial charge in [0.25, 0.3) is 0 Å². The monoisotopic (exact) mass is 349 g/mol. The number of fused-ring (bicyclic) bond motifs is 1. The molecule has 2 aromatic carbocycles. The smallest absolute Gasteiger partial charge is 0.129 e. The second-order valence-corrected chi connectivity index (χ2v) is 8.03. The summed E-state index contributed by atoms with van der Waals surface area (Å²) in [6, 6.07) is 16.1. The van der Waals surface area contributed by atoms with Crippen LogP contribution in [0.3, 0.4) is 0 Å². The van der Waals surface area contributed by atoms with E-state index >= 15 is 0 Å². The summed E-state index contributed by atoms with van der Waals surface area (Å²) in [4.78, 5) is 4.70. The predicted octanol–water partition coefficient (Wildman–Crippen LogP) is 5.54. The summed E-state index contributed by atoms with van der Waals surface area (Å²) in [6.45, 7) is 0.537. The molecule has 1 atom stereocenters. The predicted molar refractivity (Wildman–Crippen MR) is 93.1 cm³/mol. The van der Waals surface area contributed by atoms with Crippen molar-refractivity contribution in [2.75, 3.05) is 6.61 Å². The molecule has 0 spiro atoms. The van der Waals surface area contributed by atoms with E-state index in [0.717, 1.165) is 28.3 Å². The minimum absolute atomic E-state index is 0.208. The molecule has 5 heteroatoms. The largest absolute Gasteiger partial charge is 0.492 e. The van der Waals surface area contributed by atoms with Gasteiger partial charge in [-0.25, -0.2) is 4.98 Å². The number of ether oxygens (including phenoxy) is 1. The Labute approximate surface area is 142 Å². The number of benzene rings is 2. The van der Waals surface area contributed by atoms with Crippen LogP contribution in [0.5, 0.6) is 5.75 Å². The van der Waals surface area contributed by atoms with E-state index in [4.69, 9.17) is 32.9 Å². The molecule has 0 saturated heterocycles. The standard InChI is InChI=1S/C17H13Cl2NOS/c18-17(19)9-11(17)10-21-14-7-3-1-5-12(14)16-20-13-6-2-4-8-15(13)22-16/h1-8,11H,9-10H2. The molecule has 1 aliphatic carbocycles. The van der Waals surface area contributed by atoms with Crippen LogP contribution in [0.1, 0.15) is 6.42 Å². The van der Waals surface area contributed by atoms with Gasteiger partial charge in [-0.3, -0.25) is 0 Å². The number of halogens is 2. The number of alkyl halides is 2. The minimum Gasteiger partial charge on any atom is -0.492 e. The highest BCUT2D eigenvalue weighted by Crippen LogP contribution is 2.53. The van der Waals surface area contributed by atoms with Crippen molar-refractivity contribution in [3.05, 3.63) is 48.5 Å². The van der Waals surface area contributed by atoms with Crippen molar-refractivity contribution < 1.29 is 4.74 Å². The van der Waals surface area contributed by atoms with Gasteiger partial charge >= 0.3 is 0 Å². The van der Waals surface area contributed by atoms with E-state index in [9.17, 15) is 0 Å². The normalized spacial score (nSPS) is 19.3. The Morgan fingerprint density at radius 2 is 1.86 bits per heavy atom. The average Bonchev–Trinajstić information content (AvgIpc) is 2.95. The Morgan fingerprint density at radius 1 is 1.14 bits per heavy atom. The molecule has 1 aromatic heterocycles. The number of para-hydroxylation sites is 2. The fourth-order valence-corrected chi connectivity index (χ4v) is 3.89. The van der Waals surface area contributed by atoms with Crippen LogP contribution in [0.25, 0.3) is 20.8 Å². The lowest BCUT2D eigenvalue weighted by Gasteiger charge is -2.09. The highest BCUT2D eigenvalue weighted by atomic mass is 35.5. The molecule has 1 heterocycles. The molecule has 0 amide bonds. The number of aromatic nitrogens is 1. The second kappa shape index (κ2) is 5.41. The molecule has 112 valence electrons. The fourth-order valence-electron chi connectivity index (χ4n) is 2.40. The third-order valence-electron chi connectivity index (χ3n) is 3.81. The Balaban J connectivity index is 1.63. The maximum absolute atomic E-state index is 6.06. The summed E-state index contributed by atoms with van der Waals surface area (Å²) < 4.78 is 6.51. The van der Waals surface area contributed by atoms with E-state index < -0.39 is 4.33 Å². The van der Waals surface area contributed by atoms with Gasteiger partial charge in [0.2, 0.25) is 0 Å². The summed E-state index contributed by atoms with van der Waals surface area (Å²) in [7, 11) is 0. The zero-order valence-corrected chi connectivity index (χ0v) is 14.0. The van der Waals surface area contributed by atoms with Crippen molar-refractivity contribution >= 4 is 44.8 Å². The molecule has 1 unspecified atom stereocenters. The Bertz CT molecular complexity index is 797. The fraction of sp³-hybridized carbons (Fsp3) is 0.235. The molecule has 0 aliphatic heterocycles. The Hall–Kier alpha value is -1.29. The average molecular weight is 350 g/mol. The number of nitrogens with zero attached hydrogens (tertiary/aromatic N) is 1. The Morgan fingerprint density at radius 3 is 2.64 bits per heavy atom. The van der Waals surface area contributed by atoms with Crippen molar-refractivity contribution in [3.63, 3.8) is 0 Å². The Kier molecular flexibility index (Phi) is 3.52. The van der Waals surface area contributed by atoms with E-state index in [1.54, 1.807) is 11.3 Å². The van der Waals surface area contributed by atoms with E-state index in [1.165, 1.54) is 4.70 Å². The molecule has 22 heavy (non-hydrogen) atoms. The topological polar surface area (TPSA) is 22.1 Å². The van der Waals surface area contributed by atoms with Crippen LogP contribution >= 0.6 is 34.5 Å². The maximum atomic E-state index is 6.06. The lowest BCUT2D eigenvalue weighted by Crippen LogP contribution is -2.05. The molecule has 1 saturated carbocycles. The number of hydrogen-bond acceptors (Lipinski definition) is 3. The van der Waals surface area contributed by atoms with Gasteiger partial charge in [0, 0.05) is 5.92 Å². The van der Waals surface area contributed by atoms with Crippen molar-refractivity contribution in [3.8, 4) is 16.3 Å². The van der Waals surface area contributed by atoms with Crippen molar-refractivity contribution in [1.82, 2.24) is 4.98 Å².